The van der Waals surface area contributed by atoms with Crippen LogP contribution in [0.3, 0.4) is 0 Å². The topological polar surface area (TPSA) is 35.6 Å². The van der Waals surface area contributed by atoms with Crippen molar-refractivity contribution < 1.29 is 0 Å². The van der Waals surface area contributed by atoms with E-state index in [0.717, 1.165) is 43.6 Å². The third-order valence-corrected chi connectivity index (χ3v) is 12.8. The van der Waals surface area contributed by atoms with Crippen LogP contribution in [0.4, 0.5) is 0 Å². The van der Waals surface area contributed by atoms with Crippen LogP contribution in [0.25, 0.3) is 107 Å². The zero-order chi connectivity index (χ0) is 33.9. The van der Waals surface area contributed by atoms with Gasteiger partial charge in [-0.15, -0.1) is 22.7 Å². The molecule has 5 heterocycles. The molecule has 0 unspecified atom stereocenters. The summed E-state index contributed by atoms with van der Waals surface area (Å²) in [5.74, 6) is 0.683. The van der Waals surface area contributed by atoms with Gasteiger partial charge in [0.05, 0.1) is 38.0 Å². The first kappa shape index (κ1) is 28.4. The van der Waals surface area contributed by atoms with E-state index in [2.05, 4.69) is 167 Å². The highest BCUT2D eigenvalue weighted by atomic mass is 32.1. The molecule has 0 saturated heterocycles. The van der Waals surface area contributed by atoms with E-state index in [9.17, 15) is 0 Å². The molecular weight excluding hydrogens is 673 g/mol. The molecule has 0 atom stereocenters. The molecule has 0 radical (unpaired) electrons. The van der Waals surface area contributed by atoms with Gasteiger partial charge in [0.1, 0.15) is 0 Å². The van der Waals surface area contributed by atoms with Crippen molar-refractivity contribution in [1.29, 1.82) is 0 Å². The molecule has 0 aliphatic heterocycles. The summed E-state index contributed by atoms with van der Waals surface area (Å²) in [4.78, 5) is 11.0. The van der Waals surface area contributed by atoms with Gasteiger partial charge in [-0.3, -0.25) is 4.57 Å². The summed E-state index contributed by atoms with van der Waals surface area (Å²) in [6.45, 7) is 0. The van der Waals surface area contributed by atoms with Crippen LogP contribution in [-0.4, -0.2) is 19.1 Å². The molecule has 0 fully saturated rings. The average Bonchev–Trinajstić information content (AvgIpc) is 3.94. The summed E-state index contributed by atoms with van der Waals surface area (Å²) in [5, 5.41) is 8.54. The van der Waals surface area contributed by atoms with Crippen molar-refractivity contribution in [3.8, 4) is 22.9 Å². The molecule has 5 aromatic heterocycles. The highest BCUT2D eigenvalue weighted by Crippen LogP contribution is 2.43. The molecule has 0 spiro atoms. The minimum Gasteiger partial charge on any atom is -0.309 e. The number of para-hydroxylation sites is 3. The highest BCUT2D eigenvalue weighted by Gasteiger charge is 2.22. The fraction of sp³-hybridized carbons (Fsp3) is 0. The molecule has 242 valence electrons. The second-order valence-corrected chi connectivity index (χ2v) is 15.5. The summed E-state index contributed by atoms with van der Waals surface area (Å²) in [6.07, 6.45) is 0. The van der Waals surface area contributed by atoms with Crippen molar-refractivity contribution in [1.82, 2.24) is 19.1 Å². The lowest BCUT2D eigenvalue weighted by atomic mass is 10.1. The lowest BCUT2D eigenvalue weighted by Gasteiger charge is -2.11. The summed E-state index contributed by atoms with van der Waals surface area (Å²) in [6, 6.07) is 56.9. The van der Waals surface area contributed by atoms with Gasteiger partial charge in [-0.1, -0.05) is 97.1 Å². The molecule has 0 N–H and O–H groups in total. The van der Waals surface area contributed by atoms with Gasteiger partial charge in [-0.25, -0.2) is 9.97 Å². The van der Waals surface area contributed by atoms with Gasteiger partial charge in [-0.2, -0.15) is 0 Å². The number of hydrogen-bond acceptors (Lipinski definition) is 4. The molecule has 0 bridgehead atoms. The van der Waals surface area contributed by atoms with Crippen molar-refractivity contribution in [2.45, 2.75) is 0 Å². The summed E-state index contributed by atoms with van der Waals surface area (Å²) < 4.78 is 9.55. The van der Waals surface area contributed by atoms with Crippen LogP contribution in [-0.2, 0) is 0 Å². The van der Waals surface area contributed by atoms with Gasteiger partial charge >= 0.3 is 0 Å². The molecule has 12 rings (SSSR count). The Morgan fingerprint density at radius 3 is 1.79 bits per heavy atom. The Hall–Kier alpha value is -6.34. The maximum Gasteiger partial charge on any atom is 0.235 e. The van der Waals surface area contributed by atoms with Gasteiger partial charge < -0.3 is 4.57 Å². The SMILES string of the molecule is c1ccc(-n2c3ccccc3c3cc(-c4nc(-n5c6ccccc6c6cc7sc8ccccc8c7cc65)nc5c4sc4ccccc45)ccc32)cc1. The Bertz CT molecular complexity index is 3420. The van der Waals surface area contributed by atoms with Crippen LogP contribution in [0, 0.1) is 0 Å². The van der Waals surface area contributed by atoms with Crippen LogP contribution >= 0.6 is 22.7 Å². The first-order valence-electron chi connectivity index (χ1n) is 17.4. The Kier molecular flexibility index (Phi) is 5.78. The average molecular weight is 699 g/mol. The quantitative estimate of drug-likeness (QED) is 0.184. The third-order valence-electron chi connectivity index (χ3n) is 10.5. The number of nitrogens with zero attached hydrogens (tertiary/aromatic N) is 4. The van der Waals surface area contributed by atoms with E-state index >= 15 is 0 Å². The summed E-state index contributed by atoms with van der Waals surface area (Å²) in [5.41, 5.74) is 8.75. The smallest absolute Gasteiger partial charge is 0.235 e. The van der Waals surface area contributed by atoms with Crippen molar-refractivity contribution in [2.24, 2.45) is 0 Å². The second kappa shape index (κ2) is 10.6. The van der Waals surface area contributed by atoms with E-state index in [-0.39, 0.29) is 0 Å². The monoisotopic (exact) mass is 698 g/mol. The van der Waals surface area contributed by atoms with Crippen LogP contribution in [0.15, 0.2) is 158 Å². The summed E-state index contributed by atoms with van der Waals surface area (Å²) >= 11 is 3.63. The van der Waals surface area contributed by atoms with E-state index in [1.165, 1.54) is 57.5 Å². The van der Waals surface area contributed by atoms with E-state index in [1.54, 1.807) is 11.3 Å². The van der Waals surface area contributed by atoms with Crippen molar-refractivity contribution in [2.75, 3.05) is 0 Å². The Labute approximate surface area is 305 Å². The minimum absolute atomic E-state index is 0.683. The molecule has 0 aliphatic rings. The minimum atomic E-state index is 0.683. The number of aromatic nitrogens is 4. The molecule has 0 aliphatic carbocycles. The van der Waals surface area contributed by atoms with E-state index < -0.39 is 0 Å². The molecule has 0 amide bonds. The lowest BCUT2D eigenvalue weighted by Crippen LogP contribution is -2.02. The van der Waals surface area contributed by atoms with Gasteiger partial charge in [-0.05, 0) is 60.7 Å². The van der Waals surface area contributed by atoms with Gasteiger partial charge in [0.15, 0.2) is 0 Å². The maximum absolute atomic E-state index is 5.55. The molecule has 7 aromatic carbocycles. The van der Waals surface area contributed by atoms with Crippen LogP contribution in [0.2, 0.25) is 0 Å². The maximum atomic E-state index is 5.55. The molecule has 0 saturated carbocycles. The largest absolute Gasteiger partial charge is 0.309 e. The zero-order valence-corrected chi connectivity index (χ0v) is 29.2. The van der Waals surface area contributed by atoms with Crippen LogP contribution in [0.1, 0.15) is 0 Å². The molecular formula is C46H26N4S2. The molecule has 52 heavy (non-hydrogen) atoms. The normalized spacial score (nSPS) is 12.2. The molecule has 6 heteroatoms. The predicted molar refractivity (Wildman–Crippen MR) is 222 cm³/mol. The van der Waals surface area contributed by atoms with Gasteiger partial charge in [0, 0.05) is 63.1 Å². The number of fused-ring (bicyclic) bond motifs is 12. The van der Waals surface area contributed by atoms with Gasteiger partial charge in [0.25, 0.3) is 0 Å². The fourth-order valence-corrected chi connectivity index (χ4v) is 10.5. The van der Waals surface area contributed by atoms with Gasteiger partial charge in [0.2, 0.25) is 5.95 Å². The number of hydrogen-bond donors (Lipinski definition) is 0. The summed E-state index contributed by atoms with van der Waals surface area (Å²) in [7, 11) is 0. The third kappa shape index (κ3) is 3.90. The number of thiophene rings is 2. The zero-order valence-electron chi connectivity index (χ0n) is 27.6. The van der Waals surface area contributed by atoms with Crippen molar-refractivity contribution >= 4 is 107 Å². The van der Waals surface area contributed by atoms with Crippen molar-refractivity contribution in [3.05, 3.63) is 158 Å². The standard InChI is InChI=1S/C46H26N4S2/c1-2-12-28(13-3-1)49-36-18-8-4-14-29(36)33-24-27(22-23-38(33)49)43-45-44(32-17-7-11-21-41(32)52-45)48-46(47-43)50-37-19-9-5-15-30(37)34-26-42-35(25-39(34)50)31-16-6-10-20-40(31)51-42/h1-26H. The number of benzene rings is 7. The lowest BCUT2D eigenvalue weighted by molar-refractivity contribution is 1.02. The fourth-order valence-electron chi connectivity index (χ4n) is 8.25. The highest BCUT2D eigenvalue weighted by molar-refractivity contribution is 7.26. The molecule has 4 nitrogen and oxygen atoms in total. The Balaban J connectivity index is 1.18. The van der Waals surface area contributed by atoms with E-state index in [0.29, 0.717) is 5.95 Å². The van der Waals surface area contributed by atoms with Crippen molar-refractivity contribution in [3.63, 3.8) is 0 Å². The number of rotatable bonds is 3. The predicted octanol–water partition coefficient (Wildman–Crippen LogP) is 13.1. The van der Waals surface area contributed by atoms with E-state index in [4.69, 9.17) is 9.97 Å². The van der Waals surface area contributed by atoms with E-state index in [1.807, 2.05) is 11.3 Å². The molecule has 12 aromatic rings. The first-order chi connectivity index (χ1) is 25.8. The first-order valence-corrected chi connectivity index (χ1v) is 19.0. The Morgan fingerprint density at radius 1 is 0.385 bits per heavy atom. The van der Waals surface area contributed by atoms with Crippen LogP contribution < -0.4 is 0 Å². The Morgan fingerprint density at radius 2 is 1.00 bits per heavy atom. The second-order valence-electron chi connectivity index (χ2n) is 13.4. The van der Waals surface area contributed by atoms with Crippen LogP contribution in [0.5, 0.6) is 0 Å².